The number of benzene rings is 2. The molecule has 0 aliphatic carbocycles. The number of halogens is 2. The second kappa shape index (κ2) is 8.69. The first-order valence-electron chi connectivity index (χ1n) is 9.73. The Balaban J connectivity index is 1.63. The van der Waals surface area contributed by atoms with Crippen molar-refractivity contribution in [3.05, 3.63) is 53.6 Å². The highest BCUT2D eigenvalue weighted by atomic mass is 19.1. The molecule has 2 aromatic rings. The molecule has 1 aliphatic rings. The van der Waals surface area contributed by atoms with Crippen LogP contribution in [0.25, 0.3) is 0 Å². The van der Waals surface area contributed by atoms with E-state index >= 15 is 0 Å². The summed E-state index contributed by atoms with van der Waals surface area (Å²) in [5, 5.41) is 5.34. The number of nitrogens with one attached hydrogen (secondary N) is 2. The number of hydrogen-bond acceptors (Lipinski definition) is 3. The van der Waals surface area contributed by atoms with E-state index in [9.17, 15) is 18.4 Å². The maximum Gasteiger partial charge on any atom is 0.319 e. The van der Waals surface area contributed by atoms with Crippen LogP contribution in [0.15, 0.2) is 36.4 Å². The number of ether oxygens (including phenoxy) is 1. The molecular weight excluding hydrogens is 392 g/mol. The van der Waals surface area contributed by atoms with Gasteiger partial charge in [0.05, 0.1) is 12.2 Å². The fourth-order valence-corrected chi connectivity index (χ4v) is 3.12. The fourth-order valence-electron chi connectivity index (χ4n) is 3.12. The standard InChI is InChI=1S/C22H25F2N3O3/c1-22(2,3)20(28)27-10-11-30-19-7-6-16(13-18(19)27)26-21(29)25-9-8-14-4-5-15(23)12-17(14)24/h4-7,12-13H,8-11H2,1-3H3,(H2,25,26,29). The van der Waals surface area contributed by atoms with Gasteiger partial charge in [0.2, 0.25) is 5.91 Å². The van der Waals surface area contributed by atoms with Crippen molar-refractivity contribution in [3.63, 3.8) is 0 Å². The summed E-state index contributed by atoms with van der Waals surface area (Å²) < 4.78 is 32.2. The zero-order valence-corrected chi connectivity index (χ0v) is 17.2. The third-order valence-electron chi connectivity index (χ3n) is 4.66. The molecule has 0 unspecified atom stereocenters. The highest BCUT2D eigenvalue weighted by Gasteiger charge is 2.32. The van der Waals surface area contributed by atoms with Crippen LogP contribution in [0.4, 0.5) is 25.0 Å². The van der Waals surface area contributed by atoms with Gasteiger partial charge in [-0.15, -0.1) is 0 Å². The van der Waals surface area contributed by atoms with E-state index in [0.29, 0.717) is 35.8 Å². The van der Waals surface area contributed by atoms with Crippen LogP contribution in [0.5, 0.6) is 5.75 Å². The second-order valence-corrected chi connectivity index (χ2v) is 8.10. The van der Waals surface area contributed by atoms with E-state index in [1.165, 1.54) is 12.1 Å². The molecule has 160 valence electrons. The van der Waals surface area contributed by atoms with E-state index in [1.54, 1.807) is 23.1 Å². The molecule has 0 aromatic heterocycles. The first kappa shape index (κ1) is 21.5. The Labute approximate surface area is 174 Å². The average molecular weight is 417 g/mol. The van der Waals surface area contributed by atoms with Crippen molar-refractivity contribution in [2.24, 2.45) is 5.41 Å². The Morgan fingerprint density at radius 3 is 2.60 bits per heavy atom. The molecule has 1 aliphatic heterocycles. The quantitative estimate of drug-likeness (QED) is 0.787. The van der Waals surface area contributed by atoms with E-state index in [0.717, 1.165) is 6.07 Å². The van der Waals surface area contributed by atoms with Gasteiger partial charge in [-0.1, -0.05) is 26.8 Å². The number of carbonyl (C=O) groups excluding carboxylic acids is 2. The van der Waals surface area contributed by atoms with Gasteiger partial charge in [-0.25, -0.2) is 13.6 Å². The molecule has 3 rings (SSSR count). The Hall–Kier alpha value is -3.16. The third kappa shape index (κ3) is 5.06. The maximum atomic E-state index is 13.7. The Bertz CT molecular complexity index is 957. The summed E-state index contributed by atoms with van der Waals surface area (Å²) in [5.41, 5.74) is 0.869. The zero-order chi connectivity index (χ0) is 21.9. The van der Waals surface area contributed by atoms with Gasteiger partial charge in [0.15, 0.2) is 0 Å². The van der Waals surface area contributed by atoms with Crippen molar-refractivity contribution in [3.8, 4) is 5.75 Å². The first-order chi connectivity index (χ1) is 14.1. The third-order valence-corrected chi connectivity index (χ3v) is 4.66. The highest BCUT2D eigenvalue weighted by molar-refractivity contribution is 5.99. The van der Waals surface area contributed by atoms with Crippen LogP contribution in [-0.2, 0) is 11.2 Å². The summed E-state index contributed by atoms with van der Waals surface area (Å²) in [6.45, 7) is 6.57. The van der Waals surface area contributed by atoms with Crippen LogP contribution < -0.4 is 20.3 Å². The molecule has 0 saturated heterocycles. The molecule has 30 heavy (non-hydrogen) atoms. The van der Waals surface area contributed by atoms with Gasteiger partial charge in [-0.2, -0.15) is 0 Å². The van der Waals surface area contributed by atoms with Crippen molar-refractivity contribution in [1.82, 2.24) is 5.32 Å². The Kier molecular flexibility index (Phi) is 6.24. The number of hydrogen-bond donors (Lipinski definition) is 2. The van der Waals surface area contributed by atoms with Crippen molar-refractivity contribution in [1.29, 1.82) is 0 Å². The van der Waals surface area contributed by atoms with Gasteiger partial charge >= 0.3 is 6.03 Å². The van der Waals surface area contributed by atoms with E-state index < -0.39 is 23.1 Å². The lowest BCUT2D eigenvalue weighted by atomic mass is 9.94. The summed E-state index contributed by atoms with van der Waals surface area (Å²) in [4.78, 5) is 26.6. The predicted molar refractivity (Wildman–Crippen MR) is 111 cm³/mol. The molecule has 2 N–H and O–H groups in total. The van der Waals surface area contributed by atoms with Gasteiger partial charge in [-0.3, -0.25) is 4.79 Å². The number of fused-ring (bicyclic) bond motifs is 1. The molecule has 0 saturated carbocycles. The van der Waals surface area contributed by atoms with Crippen LogP contribution in [0.2, 0.25) is 0 Å². The van der Waals surface area contributed by atoms with Gasteiger partial charge in [0.25, 0.3) is 0 Å². The normalized spacial score (nSPS) is 13.3. The average Bonchev–Trinajstić information content (AvgIpc) is 2.68. The molecular formula is C22H25F2N3O3. The van der Waals surface area contributed by atoms with Gasteiger partial charge < -0.3 is 20.3 Å². The number of nitrogens with zero attached hydrogens (tertiary/aromatic N) is 1. The molecule has 8 heteroatoms. The molecule has 0 bridgehead atoms. The summed E-state index contributed by atoms with van der Waals surface area (Å²) >= 11 is 0. The van der Waals surface area contributed by atoms with E-state index in [1.807, 2.05) is 20.8 Å². The number of rotatable bonds is 4. The lowest BCUT2D eigenvalue weighted by Gasteiger charge is -2.34. The van der Waals surface area contributed by atoms with E-state index in [4.69, 9.17) is 4.74 Å². The molecule has 0 spiro atoms. The highest BCUT2D eigenvalue weighted by Crippen LogP contribution is 2.36. The minimum Gasteiger partial charge on any atom is -0.490 e. The minimum atomic E-state index is -0.643. The van der Waals surface area contributed by atoms with Crippen LogP contribution in [0.3, 0.4) is 0 Å². The lowest BCUT2D eigenvalue weighted by molar-refractivity contribution is -0.126. The molecule has 6 nitrogen and oxygen atoms in total. The zero-order valence-electron chi connectivity index (χ0n) is 17.2. The Morgan fingerprint density at radius 1 is 1.13 bits per heavy atom. The van der Waals surface area contributed by atoms with Crippen LogP contribution in [0, 0.1) is 17.0 Å². The van der Waals surface area contributed by atoms with Crippen molar-refractivity contribution in [2.75, 3.05) is 29.9 Å². The summed E-state index contributed by atoms with van der Waals surface area (Å²) in [6.07, 6.45) is 0.228. The van der Waals surface area contributed by atoms with Crippen molar-refractivity contribution in [2.45, 2.75) is 27.2 Å². The first-order valence-corrected chi connectivity index (χ1v) is 9.73. The SMILES string of the molecule is CC(C)(C)C(=O)N1CCOc2ccc(NC(=O)NCCc3ccc(F)cc3F)cc21. The largest absolute Gasteiger partial charge is 0.490 e. The van der Waals surface area contributed by atoms with Gasteiger partial charge in [-0.05, 0) is 36.2 Å². The Morgan fingerprint density at radius 2 is 1.90 bits per heavy atom. The molecule has 3 amide bonds. The lowest BCUT2D eigenvalue weighted by Crippen LogP contribution is -2.44. The molecule has 1 heterocycles. The monoisotopic (exact) mass is 417 g/mol. The summed E-state index contributed by atoms with van der Waals surface area (Å²) in [7, 11) is 0. The molecule has 0 radical (unpaired) electrons. The predicted octanol–water partition coefficient (Wildman–Crippen LogP) is 4.10. The number of urea groups is 1. The minimum absolute atomic E-state index is 0.0324. The molecule has 2 aromatic carbocycles. The van der Waals surface area contributed by atoms with Crippen LogP contribution >= 0.6 is 0 Å². The maximum absolute atomic E-state index is 13.7. The number of carbonyl (C=O) groups is 2. The van der Waals surface area contributed by atoms with Gasteiger partial charge in [0, 0.05) is 23.7 Å². The van der Waals surface area contributed by atoms with Crippen LogP contribution in [0.1, 0.15) is 26.3 Å². The molecule has 0 atom stereocenters. The van der Waals surface area contributed by atoms with Gasteiger partial charge in [0.1, 0.15) is 24.0 Å². The van der Waals surface area contributed by atoms with Crippen molar-refractivity contribution >= 4 is 23.3 Å². The molecule has 0 fully saturated rings. The topological polar surface area (TPSA) is 70.7 Å². The van der Waals surface area contributed by atoms with E-state index in [-0.39, 0.29) is 18.9 Å². The number of amides is 3. The summed E-state index contributed by atoms with van der Waals surface area (Å²) in [5.74, 6) is -0.737. The van der Waals surface area contributed by atoms with E-state index in [2.05, 4.69) is 10.6 Å². The van der Waals surface area contributed by atoms with Crippen LogP contribution in [-0.4, -0.2) is 31.6 Å². The van der Waals surface area contributed by atoms with Crippen molar-refractivity contribution < 1.29 is 23.1 Å². The fraction of sp³-hybridized carbons (Fsp3) is 0.364. The number of anilines is 2. The second-order valence-electron chi connectivity index (χ2n) is 8.10. The smallest absolute Gasteiger partial charge is 0.319 e. The summed E-state index contributed by atoms with van der Waals surface area (Å²) in [6, 6.07) is 7.96.